The quantitative estimate of drug-likeness (QED) is 0.546. The molecule has 3 nitrogen and oxygen atoms in total. The SMILES string of the molecule is CCOc1ccc(C(=O)/C=C(\C)c2ccc(OCC)cc2)cc1. The van der Waals surface area contributed by atoms with Gasteiger partial charge in [0, 0.05) is 5.56 Å². The Balaban J connectivity index is 2.11. The molecule has 0 saturated carbocycles. The van der Waals surface area contributed by atoms with Crippen LogP contribution < -0.4 is 9.47 Å². The van der Waals surface area contributed by atoms with Crippen LogP contribution in [0.2, 0.25) is 0 Å². The standard InChI is InChI=1S/C20H22O3/c1-4-22-18-10-6-16(7-11-18)15(3)14-20(21)17-8-12-19(13-9-17)23-5-2/h6-14H,4-5H2,1-3H3/b15-14+. The van der Waals surface area contributed by atoms with E-state index in [1.54, 1.807) is 18.2 Å². The van der Waals surface area contributed by atoms with Gasteiger partial charge in [0.2, 0.25) is 0 Å². The maximum Gasteiger partial charge on any atom is 0.186 e. The lowest BCUT2D eigenvalue weighted by Gasteiger charge is -2.06. The van der Waals surface area contributed by atoms with E-state index >= 15 is 0 Å². The van der Waals surface area contributed by atoms with Gasteiger partial charge < -0.3 is 9.47 Å². The number of benzene rings is 2. The van der Waals surface area contributed by atoms with Gasteiger partial charge in [-0.1, -0.05) is 12.1 Å². The summed E-state index contributed by atoms with van der Waals surface area (Å²) in [5.41, 5.74) is 2.58. The number of carbonyl (C=O) groups excluding carboxylic acids is 1. The fourth-order valence-electron chi connectivity index (χ4n) is 2.23. The molecule has 0 N–H and O–H groups in total. The van der Waals surface area contributed by atoms with Crippen molar-refractivity contribution in [2.75, 3.05) is 13.2 Å². The second-order valence-corrected chi connectivity index (χ2v) is 5.11. The summed E-state index contributed by atoms with van der Waals surface area (Å²) in [7, 11) is 0. The van der Waals surface area contributed by atoms with Crippen LogP contribution in [0.5, 0.6) is 11.5 Å². The molecule has 3 heteroatoms. The molecule has 0 amide bonds. The molecule has 0 aliphatic carbocycles. The minimum atomic E-state index is -0.0144. The highest BCUT2D eigenvalue weighted by Crippen LogP contribution is 2.20. The zero-order valence-electron chi connectivity index (χ0n) is 13.8. The molecule has 2 aromatic rings. The Morgan fingerprint density at radius 3 is 1.70 bits per heavy atom. The van der Waals surface area contributed by atoms with E-state index in [9.17, 15) is 4.79 Å². The molecule has 0 spiro atoms. The van der Waals surface area contributed by atoms with Crippen molar-refractivity contribution in [3.05, 3.63) is 65.7 Å². The van der Waals surface area contributed by atoms with Gasteiger partial charge in [-0.2, -0.15) is 0 Å². The first-order valence-electron chi connectivity index (χ1n) is 7.82. The zero-order valence-corrected chi connectivity index (χ0v) is 13.8. The summed E-state index contributed by atoms with van der Waals surface area (Å²) in [5, 5.41) is 0. The van der Waals surface area contributed by atoms with Gasteiger partial charge >= 0.3 is 0 Å². The molecule has 0 bridgehead atoms. The molecular formula is C20H22O3. The highest BCUT2D eigenvalue weighted by molar-refractivity contribution is 6.08. The molecule has 0 fully saturated rings. The first kappa shape index (κ1) is 16.8. The molecule has 2 rings (SSSR count). The number of ether oxygens (including phenoxy) is 2. The van der Waals surface area contributed by atoms with Crippen molar-refractivity contribution in [2.45, 2.75) is 20.8 Å². The molecule has 0 aliphatic rings. The summed E-state index contributed by atoms with van der Waals surface area (Å²) < 4.78 is 10.8. The summed E-state index contributed by atoms with van der Waals surface area (Å²) in [6.45, 7) is 7.08. The molecule has 0 radical (unpaired) electrons. The molecule has 0 saturated heterocycles. The predicted octanol–water partition coefficient (Wildman–Crippen LogP) is 4.77. The summed E-state index contributed by atoms with van der Waals surface area (Å²) in [4.78, 5) is 12.3. The number of rotatable bonds is 7. The van der Waals surface area contributed by atoms with Crippen LogP contribution in [0.1, 0.15) is 36.7 Å². The molecule has 0 heterocycles. The maximum atomic E-state index is 12.3. The first-order chi connectivity index (χ1) is 11.1. The maximum absolute atomic E-state index is 12.3. The monoisotopic (exact) mass is 310 g/mol. The third kappa shape index (κ3) is 4.71. The fourth-order valence-corrected chi connectivity index (χ4v) is 2.23. The Kier molecular flexibility index (Phi) is 5.98. The van der Waals surface area contributed by atoms with E-state index in [1.165, 1.54) is 0 Å². The van der Waals surface area contributed by atoms with Gasteiger partial charge in [0.15, 0.2) is 5.78 Å². The number of hydrogen-bond acceptors (Lipinski definition) is 3. The second kappa shape index (κ2) is 8.18. The molecular weight excluding hydrogens is 288 g/mol. The van der Waals surface area contributed by atoms with Gasteiger partial charge in [0.1, 0.15) is 11.5 Å². The van der Waals surface area contributed by atoms with Crippen molar-refractivity contribution in [3.63, 3.8) is 0 Å². The van der Waals surface area contributed by atoms with E-state index in [4.69, 9.17) is 9.47 Å². The van der Waals surface area contributed by atoms with Crippen molar-refractivity contribution in [1.29, 1.82) is 0 Å². The molecule has 120 valence electrons. The Morgan fingerprint density at radius 2 is 1.26 bits per heavy atom. The topological polar surface area (TPSA) is 35.5 Å². The molecule has 0 atom stereocenters. The smallest absolute Gasteiger partial charge is 0.186 e. The second-order valence-electron chi connectivity index (χ2n) is 5.11. The summed E-state index contributed by atoms with van der Waals surface area (Å²) in [6, 6.07) is 15.0. The minimum absolute atomic E-state index is 0.0144. The van der Waals surface area contributed by atoms with Crippen LogP contribution in [0.25, 0.3) is 5.57 Å². The van der Waals surface area contributed by atoms with Crippen molar-refractivity contribution in [1.82, 2.24) is 0 Å². The van der Waals surface area contributed by atoms with Gasteiger partial charge in [-0.05, 0) is 74.4 Å². The fraction of sp³-hybridized carbons (Fsp3) is 0.250. The number of hydrogen-bond donors (Lipinski definition) is 0. The normalized spacial score (nSPS) is 11.2. The van der Waals surface area contributed by atoms with Crippen LogP contribution in [0, 0.1) is 0 Å². The lowest BCUT2D eigenvalue weighted by Crippen LogP contribution is -1.97. The number of allylic oxidation sites excluding steroid dienone is 2. The third-order valence-corrected chi connectivity index (χ3v) is 3.42. The Bertz CT molecular complexity index is 667. The average molecular weight is 310 g/mol. The number of ketones is 1. The van der Waals surface area contributed by atoms with Crippen LogP contribution in [0.15, 0.2) is 54.6 Å². The first-order valence-corrected chi connectivity index (χ1v) is 7.82. The highest BCUT2D eigenvalue weighted by Gasteiger charge is 2.05. The molecule has 0 aliphatic heterocycles. The van der Waals surface area contributed by atoms with E-state index in [2.05, 4.69) is 0 Å². The number of carbonyl (C=O) groups is 1. The van der Waals surface area contributed by atoms with Gasteiger partial charge in [-0.25, -0.2) is 0 Å². The molecule has 0 aromatic heterocycles. The molecule has 23 heavy (non-hydrogen) atoms. The lowest BCUT2D eigenvalue weighted by molar-refractivity contribution is 0.104. The van der Waals surface area contributed by atoms with E-state index in [0.29, 0.717) is 18.8 Å². The van der Waals surface area contributed by atoms with Crippen LogP contribution in [-0.2, 0) is 0 Å². The lowest BCUT2D eigenvalue weighted by atomic mass is 10.0. The predicted molar refractivity (Wildman–Crippen MR) is 93.2 cm³/mol. The van der Waals surface area contributed by atoms with Gasteiger partial charge in [0.05, 0.1) is 13.2 Å². The summed E-state index contributed by atoms with van der Waals surface area (Å²) >= 11 is 0. The van der Waals surface area contributed by atoms with Crippen LogP contribution in [0.4, 0.5) is 0 Å². The summed E-state index contributed by atoms with van der Waals surface area (Å²) in [5.74, 6) is 1.59. The zero-order chi connectivity index (χ0) is 16.7. The van der Waals surface area contributed by atoms with Crippen molar-refractivity contribution in [3.8, 4) is 11.5 Å². The Labute approximate surface area is 137 Å². The van der Waals surface area contributed by atoms with E-state index in [0.717, 1.165) is 22.6 Å². The third-order valence-electron chi connectivity index (χ3n) is 3.42. The minimum Gasteiger partial charge on any atom is -0.494 e. The van der Waals surface area contributed by atoms with E-state index in [1.807, 2.05) is 57.2 Å². The van der Waals surface area contributed by atoms with Crippen molar-refractivity contribution >= 4 is 11.4 Å². The van der Waals surface area contributed by atoms with E-state index in [-0.39, 0.29) is 5.78 Å². The Hall–Kier alpha value is -2.55. The van der Waals surface area contributed by atoms with Crippen LogP contribution in [-0.4, -0.2) is 19.0 Å². The van der Waals surface area contributed by atoms with Crippen molar-refractivity contribution in [2.24, 2.45) is 0 Å². The van der Waals surface area contributed by atoms with Crippen LogP contribution in [0.3, 0.4) is 0 Å². The highest BCUT2D eigenvalue weighted by atomic mass is 16.5. The average Bonchev–Trinajstić information content (AvgIpc) is 2.56. The Morgan fingerprint density at radius 1 is 0.826 bits per heavy atom. The van der Waals surface area contributed by atoms with Gasteiger partial charge in [0.25, 0.3) is 0 Å². The van der Waals surface area contributed by atoms with Crippen molar-refractivity contribution < 1.29 is 14.3 Å². The van der Waals surface area contributed by atoms with Gasteiger partial charge in [-0.15, -0.1) is 0 Å². The van der Waals surface area contributed by atoms with Crippen LogP contribution >= 0.6 is 0 Å². The largest absolute Gasteiger partial charge is 0.494 e. The van der Waals surface area contributed by atoms with Gasteiger partial charge in [-0.3, -0.25) is 4.79 Å². The van der Waals surface area contributed by atoms with E-state index < -0.39 is 0 Å². The summed E-state index contributed by atoms with van der Waals surface area (Å²) in [6.07, 6.45) is 1.66. The molecule has 0 unspecified atom stereocenters. The molecule has 2 aromatic carbocycles.